The predicted molar refractivity (Wildman–Crippen MR) is 101 cm³/mol. The molecule has 0 aliphatic carbocycles. The van der Waals surface area contributed by atoms with E-state index in [0.29, 0.717) is 16.3 Å². The molecular weight excluding hydrogens is 354 g/mol. The van der Waals surface area contributed by atoms with E-state index in [9.17, 15) is 9.59 Å². The largest absolute Gasteiger partial charge is 0.465 e. The number of hydrogen-bond acceptors (Lipinski definition) is 5. The SMILES string of the molecule is COC(=O)c1ccc(C(=O)NCCc2ccc(-c3cccs3)cc2)s1. The highest BCUT2D eigenvalue weighted by Gasteiger charge is 2.13. The third-order valence-electron chi connectivity index (χ3n) is 3.68. The number of esters is 1. The third-order valence-corrected chi connectivity index (χ3v) is 5.66. The molecule has 0 bridgehead atoms. The van der Waals surface area contributed by atoms with Crippen LogP contribution in [0.3, 0.4) is 0 Å². The Hall–Kier alpha value is -2.44. The summed E-state index contributed by atoms with van der Waals surface area (Å²) in [5.41, 5.74) is 2.37. The van der Waals surface area contributed by atoms with E-state index >= 15 is 0 Å². The molecule has 0 radical (unpaired) electrons. The molecule has 0 saturated heterocycles. The van der Waals surface area contributed by atoms with Gasteiger partial charge in [-0.1, -0.05) is 30.3 Å². The van der Waals surface area contributed by atoms with Gasteiger partial charge >= 0.3 is 5.97 Å². The Kier molecular flexibility index (Phi) is 5.63. The van der Waals surface area contributed by atoms with Crippen LogP contribution in [0.5, 0.6) is 0 Å². The maximum atomic E-state index is 12.1. The minimum absolute atomic E-state index is 0.171. The van der Waals surface area contributed by atoms with Crippen LogP contribution < -0.4 is 5.32 Å². The smallest absolute Gasteiger partial charge is 0.348 e. The molecule has 0 fully saturated rings. The van der Waals surface area contributed by atoms with E-state index < -0.39 is 5.97 Å². The molecule has 1 aromatic carbocycles. The summed E-state index contributed by atoms with van der Waals surface area (Å²) in [7, 11) is 1.32. The van der Waals surface area contributed by atoms with Crippen molar-refractivity contribution in [3.05, 3.63) is 69.2 Å². The number of benzene rings is 1. The van der Waals surface area contributed by atoms with Crippen molar-refractivity contribution in [2.45, 2.75) is 6.42 Å². The molecule has 1 amide bonds. The van der Waals surface area contributed by atoms with Crippen molar-refractivity contribution in [3.8, 4) is 10.4 Å². The summed E-state index contributed by atoms with van der Waals surface area (Å²) in [5, 5.41) is 4.95. The molecule has 0 unspecified atom stereocenters. The minimum atomic E-state index is -0.421. The molecule has 1 N–H and O–H groups in total. The molecule has 25 heavy (non-hydrogen) atoms. The molecular formula is C19H17NO3S2. The minimum Gasteiger partial charge on any atom is -0.465 e. The highest BCUT2D eigenvalue weighted by molar-refractivity contribution is 7.15. The van der Waals surface area contributed by atoms with Crippen molar-refractivity contribution in [3.63, 3.8) is 0 Å². The lowest BCUT2D eigenvalue weighted by molar-refractivity contribution is 0.0606. The Morgan fingerprint density at radius 1 is 1.04 bits per heavy atom. The lowest BCUT2D eigenvalue weighted by atomic mass is 10.1. The molecule has 2 aromatic heterocycles. The summed E-state index contributed by atoms with van der Waals surface area (Å²) in [5.74, 6) is -0.592. The molecule has 4 nitrogen and oxygen atoms in total. The zero-order valence-corrected chi connectivity index (χ0v) is 15.3. The fraction of sp³-hybridized carbons (Fsp3) is 0.158. The topological polar surface area (TPSA) is 55.4 Å². The average molecular weight is 371 g/mol. The van der Waals surface area contributed by atoms with E-state index in [-0.39, 0.29) is 5.91 Å². The second kappa shape index (κ2) is 8.09. The number of rotatable bonds is 6. The zero-order chi connectivity index (χ0) is 17.6. The summed E-state index contributed by atoms with van der Waals surface area (Å²) < 4.78 is 4.65. The van der Waals surface area contributed by atoms with Gasteiger partial charge in [0.1, 0.15) is 4.88 Å². The van der Waals surface area contributed by atoms with Gasteiger partial charge in [-0.3, -0.25) is 4.79 Å². The number of hydrogen-bond donors (Lipinski definition) is 1. The number of amides is 1. The predicted octanol–water partition coefficient (Wildman–Crippen LogP) is 4.24. The van der Waals surface area contributed by atoms with Gasteiger partial charge in [0.2, 0.25) is 0 Å². The van der Waals surface area contributed by atoms with Gasteiger partial charge in [-0.25, -0.2) is 4.79 Å². The number of carbonyl (C=O) groups excluding carboxylic acids is 2. The van der Waals surface area contributed by atoms with Crippen molar-refractivity contribution < 1.29 is 14.3 Å². The van der Waals surface area contributed by atoms with Gasteiger partial charge in [-0.05, 0) is 41.1 Å². The Morgan fingerprint density at radius 3 is 2.48 bits per heavy atom. The molecule has 3 aromatic rings. The zero-order valence-electron chi connectivity index (χ0n) is 13.7. The molecule has 0 aliphatic rings. The standard InChI is InChI=1S/C19H17NO3S2/c1-23-19(22)17-9-8-16(25-17)18(21)20-11-10-13-4-6-14(7-5-13)15-3-2-12-24-15/h2-9,12H,10-11H2,1H3,(H,20,21). The molecule has 0 spiro atoms. The van der Waals surface area contributed by atoms with Gasteiger partial charge in [-0.15, -0.1) is 22.7 Å². The Balaban J connectivity index is 1.51. The first-order valence-electron chi connectivity index (χ1n) is 7.76. The van der Waals surface area contributed by atoms with Crippen LogP contribution in [-0.2, 0) is 11.2 Å². The van der Waals surface area contributed by atoms with E-state index in [1.165, 1.54) is 23.1 Å². The Morgan fingerprint density at radius 2 is 1.80 bits per heavy atom. The van der Waals surface area contributed by atoms with Crippen LogP contribution in [0.25, 0.3) is 10.4 Å². The van der Waals surface area contributed by atoms with Gasteiger partial charge < -0.3 is 10.1 Å². The Bertz CT molecular complexity index is 851. The maximum Gasteiger partial charge on any atom is 0.348 e. The van der Waals surface area contributed by atoms with Gasteiger partial charge in [0.25, 0.3) is 5.91 Å². The van der Waals surface area contributed by atoms with E-state index in [2.05, 4.69) is 45.8 Å². The molecule has 0 aliphatic heterocycles. The maximum absolute atomic E-state index is 12.1. The molecule has 2 heterocycles. The fourth-order valence-corrected chi connectivity index (χ4v) is 3.93. The highest BCUT2D eigenvalue weighted by Crippen LogP contribution is 2.24. The monoisotopic (exact) mass is 371 g/mol. The first-order valence-corrected chi connectivity index (χ1v) is 9.46. The molecule has 0 saturated carbocycles. The van der Waals surface area contributed by atoms with Crippen LogP contribution in [0, 0.1) is 0 Å². The van der Waals surface area contributed by atoms with E-state index in [4.69, 9.17) is 0 Å². The van der Waals surface area contributed by atoms with Gasteiger partial charge in [0.15, 0.2) is 0 Å². The molecule has 3 rings (SSSR count). The summed E-state index contributed by atoms with van der Waals surface area (Å²) in [4.78, 5) is 25.7. The Labute approximate surface area is 154 Å². The highest BCUT2D eigenvalue weighted by atomic mass is 32.1. The number of methoxy groups -OCH3 is 1. The summed E-state index contributed by atoms with van der Waals surface area (Å²) in [6.07, 6.45) is 0.756. The number of ether oxygens (including phenoxy) is 1. The second-order valence-corrected chi connectivity index (χ2v) is 7.37. The number of carbonyl (C=O) groups is 2. The number of thiophene rings is 2. The van der Waals surface area contributed by atoms with Crippen molar-refractivity contribution in [2.75, 3.05) is 13.7 Å². The van der Waals surface area contributed by atoms with Crippen molar-refractivity contribution in [2.24, 2.45) is 0 Å². The first kappa shape index (κ1) is 17.4. The average Bonchev–Trinajstić information content (AvgIpc) is 3.33. The third kappa shape index (κ3) is 4.35. The van der Waals surface area contributed by atoms with Crippen LogP contribution in [-0.4, -0.2) is 25.5 Å². The lowest BCUT2D eigenvalue weighted by Gasteiger charge is -2.05. The van der Waals surface area contributed by atoms with Gasteiger partial charge in [0, 0.05) is 11.4 Å². The van der Waals surface area contributed by atoms with Crippen LogP contribution >= 0.6 is 22.7 Å². The van der Waals surface area contributed by atoms with Crippen molar-refractivity contribution in [1.29, 1.82) is 0 Å². The quantitative estimate of drug-likeness (QED) is 0.660. The fourth-order valence-electron chi connectivity index (χ4n) is 2.36. The first-order chi connectivity index (χ1) is 12.2. The summed E-state index contributed by atoms with van der Waals surface area (Å²) in [6, 6.07) is 15.8. The van der Waals surface area contributed by atoms with Crippen molar-refractivity contribution in [1.82, 2.24) is 5.32 Å². The molecule has 128 valence electrons. The van der Waals surface area contributed by atoms with Gasteiger partial charge in [-0.2, -0.15) is 0 Å². The molecule has 0 atom stereocenters. The van der Waals surface area contributed by atoms with Crippen molar-refractivity contribution >= 4 is 34.6 Å². The number of nitrogens with one attached hydrogen (secondary N) is 1. The lowest BCUT2D eigenvalue weighted by Crippen LogP contribution is -2.24. The second-order valence-electron chi connectivity index (χ2n) is 5.34. The molecule has 6 heteroatoms. The van der Waals surface area contributed by atoms with Crippen LogP contribution in [0.15, 0.2) is 53.9 Å². The van der Waals surface area contributed by atoms with Crippen LogP contribution in [0.4, 0.5) is 0 Å². The summed E-state index contributed by atoms with van der Waals surface area (Å²) >= 11 is 2.85. The van der Waals surface area contributed by atoms with E-state index in [1.807, 2.05) is 6.07 Å². The summed E-state index contributed by atoms with van der Waals surface area (Å²) in [6.45, 7) is 0.544. The van der Waals surface area contributed by atoms with Crippen LogP contribution in [0.2, 0.25) is 0 Å². The normalized spacial score (nSPS) is 10.4. The van der Waals surface area contributed by atoms with E-state index in [0.717, 1.165) is 17.8 Å². The van der Waals surface area contributed by atoms with E-state index in [1.54, 1.807) is 23.5 Å². The van der Waals surface area contributed by atoms with Gasteiger partial charge in [0.05, 0.1) is 12.0 Å². The van der Waals surface area contributed by atoms with Crippen LogP contribution in [0.1, 0.15) is 24.9 Å².